The molecule has 1 aromatic heterocycles. The van der Waals surface area contributed by atoms with Crippen molar-refractivity contribution in [3.63, 3.8) is 0 Å². The van der Waals surface area contributed by atoms with E-state index in [4.69, 9.17) is 16.6 Å². The van der Waals surface area contributed by atoms with Crippen molar-refractivity contribution in [3.05, 3.63) is 47.1 Å². The van der Waals surface area contributed by atoms with Crippen molar-refractivity contribution in [1.29, 1.82) is 0 Å². The second-order valence-electron chi connectivity index (χ2n) is 3.62. The Kier molecular flexibility index (Phi) is 2.26. The molecule has 17 heavy (non-hydrogen) atoms. The Morgan fingerprint density at radius 2 is 1.88 bits per heavy atom. The van der Waals surface area contributed by atoms with Gasteiger partial charge in [0.15, 0.2) is 0 Å². The summed E-state index contributed by atoms with van der Waals surface area (Å²) < 4.78 is 18.2. The molecule has 2 aromatic carbocycles. The lowest BCUT2D eigenvalue weighted by atomic mass is 10.1. The van der Waals surface area contributed by atoms with E-state index in [1.807, 2.05) is 18.2 Å². The number of hydrogen-bond acceptors (Lipinski definition) is 3. The first-order valence-electron chi connectivity index (χ1n) is 4.97. The summed E-state index contributed by atoms with van der Waals surface area (Å²) in [5.74, 6) is 0.184. The maximum absolute atomic E-state index is 13.0. The molecule has 0 saturated heterocycles. The molecule has 0 aliphatic rings. The number of fused-ring (bicyclic) bond motifs is 1. The van der Waals surface area contributed by atoms with E-state index in [1.54, 1.807) is 6.07 Å². The van der Waals surface area contributed by atoms with Crippen molar-refractivity contribution >= 4 is 23.0 Å². The lowest BCUT2D eigenvalue weighted by Crippen LogP contribution is -1.80. The van der Waals surface area contributed by atoms with Gasteiger partial charge in [0.05, 0.1) is 0 Å². The van der Waals surface area contributed by atoms with E-state index in [1.165, 1.54) is 12.1 Å². The monoisotopic (exact) mass is 246 g/mol. The molecule has 0 bridgehead atoms. The van der Waals surface area contributed by atoms with Crippen LogP contribution >= 0.6 is 12.2 Å². The average Bonchev–Trinajstić information content (AvgIpc) is 2.75. The summed E-state index contributed by atoms with van der Waals surface area (Å²) in [5.41, 5.74) is 0.802. The average molecular weight is 246 g/mol. The zero-order chi connectivity index (χ0) is 11.8. The molecule has 1 N–H and O–H groups in total. The summed E-state index contributed by atoms with van der Waals surface area (Å²) >= 11 is 4.81. The van der Waals surface area contributed by atoms with Crippen LogP contribution in [0.4, 0.5) is 4.39 Å². The van der Waals surface area contributed by atoms with Gasteiger partial charge in [-0.2, -0.15) is 0 Å². The second-order valence-corrected chi connectivity index (χ2v) is 4.00. The highest BCUT2D eigenvalue weighted by Gasteiger charge is 2.05. The zero-order valence-corrected chi connectivity index (χ0v) is 9.42. The summed E-state index contributed by atoms with van der Waals surface area (Å²) in [5, 5.41) is 8.26. The molecular formula is C12H7FN2OS. The second kappa shape index (κ2) is 3.78. The molecule has 0 saturated carbocycles. The standard InChI is InChI=1S/C12H7FN2OS/c13-10-4-3-7-5-9(2-1-8(7)6-10)11-14-15-12(17)16-11/h1-6H,(H,15,17). The topological polar surface area (TPSA) is 41.8 Å². The maximum atomic E-state index is 13.0. The highest BCUT2D eigenvalue weighted by atomic mass is 32.1. The predicted octanol–water partition coefficient (Wildman–Crippen LogP) is 3.69. The van der Waals surface area contributed by atoms with Gasteiger partial charge in [0.25, 0.3) is 4.84 Å². The fourth-order valence-electron chi connectivity index (χ4n) is 1.70. The number of nitrogens with one attached hydrogen (secondary N) is 1. The molecule has 0 aliphatic heterocycles. The van der Waals surface area contributed by atoms with Crippen LogP contribution in [0.1, 0.15) is 0 Å². The van der Waals surface area contributed by atoms with Gasteiger partial charge in [-0.25, -0.2) is 9.49 Å². The highest BCUT2D eigenvalue weighted by Crippen LogP contribution is 2.23. The third-order valence-electron chi connectivity index (χ3n) is 2.49. The summed E-state index contributed by atoms with van der Waals surface area (Å²) in [7, 11) is 0. The van der Waals surface area contributed by atoms with Crippen molar-refractivity contribution in [2.45, 2.75) is 0 Å². The quantitative estimate of drug-likeness (QED) is 0.666. The lowest BCUT2D eigenvalue weighted by Gasteiger charge is -2.00. The highest BCUT2D eigenvalue weighted by molar-refractivity contribution is 7.71. The number of H-pyrrole nitrogens is 1. The van der Waals surface area contributed by atoms with Crippen LogP contribution in [-0.4, -0.2) is 10.2 Å². The van der Waals surface area contributed by atoms with Crippen LogP contribution in [0.5, 0.6) is 0 Å². The van der Waals surface area contributed by atoms with Gasteiger partial charge in [-0.15, -0.1) is 5.10 Å². The summed E-state index contributed by atoms with van der Waals surface area (Å²) in [4.78, 5) is 0.235. The van der Waals surface area contributed by atoms with E-state index in [2.05, 4.69) is 10.2 Å². The third-order valence-corrected chi connectivity index (χ3v) is 2.66. The van der Waals surface area contributed by atoms with Crippen molar-refractivity contribution in [3.8, 4) is 11.5 Å². The largest absolute Gasteiger partial charge is 0.409 e. The van der Waals surface area contributed by atoms with Gasteiger partial charge >= 0.3 is 0 Å². The lowest BCUT2D eigenvalue weighted by molar-refractivity contribution is 0.552. The SMILES string of the molecule is Fc1ccc2cc(-c3n[nH]c(=S)o3)ccc2c1. The molecule has 0 unspecified atom stereocenters. The third kappa shape index (κ3) is 1.85. The van der Waals surface area contributed by atoms with Crippen LogP contribution in [-0.2, 0) is 0 Å². The fourth-order valence-corrected chi connectivity index (χ4v) is 1.83. The summed E-state index contributed by atoms with van der Waals surface area (Å²) in [6.45, 7) is 0. The number of hydrogen-bond donors (Lipinski definition) is 1. The fraction of sp³-hybridized carbons (Fsp3) is 0. The van der Waals surface area contributed by atoms with Crippen molar-refractivity contribution in [1.82, 2.24) is 10.2 Å². The van der Waals surface area contributed by atoms with Crippen molar-refractivity contribution in [2.24, 2.45) is 0 Å². The molecule has 0 amide bonds. The predicted molar refractivity (Wildman–Crippen MR) is 64.6 cm³/mol. The number of nitrogens with zero attached hydrogens (tertiary/aromatic N) is 1. The molecule has 1 heterocycles. The molecule has 0 aliphatic carbocycles. The molecule has 5 heteroatoms. The van der Waals surface area contributed by atoms with Crippen LogP contribution < -0.4 is 0 Å². The smallest absolute Gasteiger partial charge is 0.284 e. The van der Waals surface area contributed by atoms with Gasteiger partial charge in [-0.05, 0) is 47.3 Å². The summed E-state index contributed by atoms with van der Waals surface area (Å²) in [6.07, 6.45) is 0. The number of benzene rings is 2. The van der Waals surface area contributed by atoms with Crippen LogP contribution in [0.25, 0.3) is 22.2 Å². The van der Waals surface area contributed by atoms with Crippen LogP contribution in [0.15, 0.2) is 40.8 Å². The Balaban J connectivity index is 2.20. The molecule has 0 radical (unpaired) electrons. The van der Waals surface area contributed by atoms with E-state index in [0.717, 1.165) is 16.3 Å². The van der Waals surface area contributed by atoms with E-state index in [-0.39, 0.29) is 10.7 Å². The Morgan fingerprint density at radius 3 is 2.65 bits per heavy atom. The van der Waals surface area contributed by atoms with Gasteiger partial charge in [-0.1, -0.05) is 12.1 Å². The van der Waals surface area contributed by atoms with E-state index >= 15 is 0 Å². The zero-order valence-electron chi connectivity index (χ0n) is 8.61. The maximum Gasteiger partial charge on any atom is 0.284 e. The molecule has 3 rings (SSSR count). The number of rotatable bonds is 1. The molecular weight excluding hydrogens is 239 g/mol. The Morgan fingerprint density at radius 1 is 1.12 bits per heavy atom. The van der Waals surface area contributed by atoms with E-state index in [0.29, 0.717) is 5.89 Å². The Bertz CT molecular complexity index is 747. The molecule has 0 atom stereocenters. The molecule has 3 nitrogen and oxygen atoms in total. The normalized spacial score (nSPS) is 10.9. The van der Waals surface area contributed by atoms with Gasteiger partial charge in [-0.3, -0.25) is 0 Å². The number of aromatic nitrogens is 2. The van der Waals surface area contributed by atoms with E-state index in [9.17, 15) is 4.39 Å². The Labute approximate surface area is 101 Å². The minimum Gasteiger partial charge on any atom is -0.409 e. The van der Waals surface area contributed by atoms with Crippen molar-refractivity contribution < 1.29 is 8.81 Å². The molecule has 0 spiro atoms. The van der Waals surface area contributed by atoms with Crippen LogP contribution in [0.2, 0.25) is 0 Å². The molecule has 84 valence electrons. The summed E-state index contributed by atoms with van der Waals surface area (Å²) in [6, 6.07) is 10.1. The number of halogens is 1. The number of aromatic amines is 1. The minimum absolute atomic E-state index is 0.235. The van der Waals surface area contributed by atoms with E-state index < -0.39 is 0 Å². The first-order chi connectivity index (χ1) is 8.22. The van der Waals surface area contributed by atoms with Gasteiger partial charge in [0.2, 0.25) is 5.89 Å². The van der Waals surface area contributed by atoms with Crippen LogP contribution in [0.3, 0.4) is 0 Å². The van der Waals surface area contributed by atoms with Gasteiger partial charge in [0.1, 0.15) is 5.82 Å². The Hall–Kier alpha value is -2.01. The van der Waals surface area contributed by atoms with Gasteiger partial charge in [0, 0.05) is 5.56 Å². The van der Waals surface area contributed by atoms with Crippen LogP contribution in [0, 0.1) is 10.7 Å². The minimum atomic E-state index is -0.248. The first kappa shape index (κ1) is 10.2. The van der Waals surface area contributed by atoms with Gasteiger partial charge < -0.3 is 4.42 Å². The first-order valence-corrected chi connectivity index (χ1v) is 5.38. The molecule has 0 fully saturated rings. The van der Waals surface area contributed by atoms with Crippen molar-refractivity contribution in [2.75, 3.05) is 0 Å². The molecule has 3 aromatic rings.